The van der Waals surface area contributed by atoms with Gasteiger partial charge in [0.2, 0.25) is 5.91 Å². The van der Waals surface area contributed by atoms with Gasteiger partial charge in [-0.25, -0.2) is 0 Å². The Morgan fingerprint density at radius 2 is 1.64 bits per heavy atom. The molecule has 0 radical (unpaired) electrons. The van der Waals surface area contributed by atoms with Gasteiger partial charge in [0.1, 0.15) is 28.8 Å². The van der Waals surface area contributed by atoms with Crippen LogP contribution in [0.1, 0.15) is 143 Å². The van der Waals surface area contributed by atoms with Crippen molar-refractivity contribution in [2.75, 3.05) is 27.3 Å². The van der Waals surface area contributed by atoms with Crippen molar-refractivity contribution in [2.24, 2.45) is 17.8 Å². The van der Waals surface area contributed by atoms with Crippen molar-refractivity contribution in [2.45, 2.75) is 145 Å². The van der Waals surface area contributed by atoms with Crippen LogP contribution in [0, 0.1) is 17.8 Å². The summed E-state index contributed by atoms with van der Waals surface area (Å²) in [6, 6.07) is 2.05. The molecule has 0 spiro atoms. The number of hydrogen-bond acceptors (Lipinski definition) is 7. The summed E-state index contributed by atoms with van der Waals surface area (Å²) in [5.41, 5.74) is 3.32. The first-order valence-corrected chi connectivity index (χ1v) is 20.6. The summed E-state index contributed by atoms with van der Waals surface area (Å²) >= 11 is 0. The Labute approximate surface area is 338 Å². The molecule has 1 N–H and O–H groups in total. The summed E-state index contributed by atoms with van der Waals surface area (Å²) in [5.74, 6) is 0.0124. The average Bonchev–Trinajstić information content (AvgIpc) is 3.15. The molecule has 0 bridgehead atoms. The second-order valence-corrected chi connectivity index (χ2v) is 17.3. The van der Waals surface area contributed by atoms with Crippen LogP contribution in [-0.2, 0) is 20.7 Å². The number of ether oxygens (including phenoxy) is 3. The van der Waals surface area contributed by atoms with E-state index in [1.165, 1.54) is 12.5 Å². The van der Waals surface area contributed by atoms with Gasteiger partial charge in [0.25, 0.3) is 0 Å². The Kier molecular flexibility index (Phi) is 17.2. The van der Waals surface area contributed by atoms with Crippen molar-refractivity contribution >= 4 is 23.5 Å². The largest absolute Gasteiger partial charge is 0.495 e. The van der Waals surface area contributed by atoms with E-state index in [0.717, 1.165) is 61.9 Å². The minimum atomic E-state index is -1.65. The molecule has 0 aromatic heterocycles. The number of benzene rings is 1. The van der Waals surface area contributed by atoms with Crippen molar-refractivity contribution in [3.05, 3.63) is 75.4 Å². The van der Waals surface area contributed by atoms with Gasteiger partial charge in [-0.15, -0.1) is 0 Å². The summed E-state index contributed by atoms with van der Waals surface area (Å²) in [4.78, 5) is 43.4. The molecule has 1 saturated heterocycles. The van der Waals surface area contributed by atoms with Gasteiger partial charge in [0.05, 0.1) is 12.7 Å². The number of nitrogens with zero attached hydrogens (tertiary/aromatic N) is 1. The van der Waals surface area contributed by atoms with E-state index in [2.05, 4.69) is 46.8 Å². The number of piperidine rings is 1. The molecule has 8 heteroatoms. The van der Waals surface area contributed by atoms with E-state index < -0.39 is 17.3 Å². The smallest absolute Gasteiger partial charge is 0.249 e. The molecule has 2 heterocycles. The van der Waals surface area contributed by atoms with Crippen molar-refractivity contribution in [3.8, 4) is 11.5 Å². The fraction of sp³-hybridized carbons (Fsp3) is 0.604. The van der Waals surface area contributed by atoms with Crippen molar-refractivity contribution in [1.29, 1.82) is 0 Å². The number of aliphatic hydroxyl groups is 1. The number of carbonyl (C=O) groups excluding carboxylic acids is 3. The minimum Gasteiger partial charge on any atom is -0.495 e. The van der Waals surface area contributed by atoms with E-state index in [-0.39, 0.29) is 48.1 Å². The second-order valence-electron chi connectivity index (χ2n) is 17.3. The number of rotatable bonds is 18. The van der Waals surface area contributed by atoms with Gasteiger partial charge in [0, 0.05) is 55.7 Å². The molecule has 1 aromatic rings. The van der Waals surface area contributed by atoms with E-state index in [4.69, 9.17) is 14.2 Å². The molecule has 8 nitrogen and oxygen atoms in total. The summed E-state index contributed by atoms with van der Waals surface area (Å²) in [6.07, 6.45) is 16.7. The van der Waals surface area contributed by atoms with E-state index in [1.54, 1.807) is 27.2 Å². The van der Waals surface area contributed by atoms with Gasteiger partial charge in [-0.05, 0) is 117 Å². The van der Waals surface area contributed by atoms with Crippen LogP contribution in [0.3, 0.4) is 0 Å². The van der Waals surface area contributed by atoms with Gasteiger partial charge < -0.3 is 24.2 Å². The van der Waals surface area contributed by atoms with Crippen molar-refractivity contribution in [3.63, 3.8) is 0 Å². The second kappa shape index (κ2) is 20.6. The maximum absolute atomic E-state index is 14.7. The lowest BCUT2D eigenvalue weighted by Gasteiger charge is -2.40. The Morgan fingerprint density at radius 3 is 2.20 bits per heavy atom. The number of allylic oxidation sites excluding steroid dienone is 5. The summed E-state index contributed by atoms with van der Waals surface area (Å²) < 4.78 is 19.0. The topological polar surface area (TPSA) is 102 Å². The summed E-state index contributed by atoms with van der Waals surface area (Å²) in [7, 11) is 3.30. The minimum absolute atomic E-state index is 0.0322. The molecule has 5 atom stereocenters. The van der Waals surface area contributed by atoms with E-state index in [0.29, 0.717) is 34.6 Å². The highest BCUT2D eigenvalue weighted by Crippen LogP contribution is 2.46. The van der Waals surface area contributed by atoms with Crippen LogP contribution in [0.2, 0.25) is 0 Å². The maximum atomic E-state index is 14.7. The molecule has 1 fully saturated rings. The SMILES string of the molecule is C/C=C1/C(=O)c2c(OC)c(/C=C\C(C)(CCC=C(C)C)OC)cc(CC=C(C)C)c2OC1C(C(C)C)C(C)CC(=O)C(C)(O)C/C=C(/C)C(=O)N1CCCCC1. The van der Waals surface area contributed by atoms with Gasteiger partial charge in [-0.2, -0.15) is 0 Å². The highest BCUT2D eigenvalue weighted by atomic mass is 16.5. The Bertz CT molecular complexity index is 1710. The molecule has 2 aliphatic heterocycles. The van der Waals surface area contributed by atoms with Gasteiger partial charge >= 0.3 is 0 Å². The zero-order valence-electron chi connectivity index (χ0n) is 36.8. The standard InChI is InChI=1S/C48H71NO7/c1-14-38-42(51)41-43(54-12)37(23-25-47(10,55-13)24-18-19-31(2)3)30-36(21-20-32(4)5)44(41)56-45(38)40(33(6)7)35(9)29-39(50)48(11,53)26-22-34(8)46(52)49-27-16-15-17-28-49/h14,19-20,22-23,25,30,33,35,40,45,53H,15-18,21,24,26-29H2,1-13H3/b25-23-,34-22-,38-14-. The molecule has 0 aliphatic carbocycles. The van der Waals surface area contributed by atoms with Gasteiger partial charge in [0.15, 0.2) is 11.6 Å². The Hall–Kier alpha value is -3.75. The molecule has 0 saturated carbocycles. The first-order valence-electron chi connectivity index (χ1n) is 20.6. The number of ketones is 2. The Morgan fingerprint density at radius 1 is 1.00 bits per heavy atom. The average molecular weight is 774 g/mol. The highest BCUT2D eigenvalue weighted by Gasteiger charge is 2.44. The maximum Gasteiger partial charge on any atom is 0.249 e. The van der Waals surface area contributed by atoms with Crippen molar-refractivity contribution in [1.82, 2.24) is 4.90 Å². The third-order valence-electron chi connectivity index (χ3n) is 11.6. The molecular weight excluding hydrogens is 703 g/mol. The quantitative estimate of drug-likeness (QED) is 0.117. The zero-order valence-corrected chi connectivity index (χ0v) is 36.8. The summed E-state index contributed by atoms with van der Waals surface area (Å²) in [6.45, 7) is 23.1. The third kappa shape index (κ3) is 11.9. The third-order valence-corrected chi connectivity index (χ3v) is 11.6. The normalized spacial score (nSPS) is 20.2. The molecule has 2 aliphatic rings. The number of hydrogen-bond donors (Lipinski definition) is 1. The number of methoxy groups -OCH3 is 2. The fourth-order valence-corrected chi connectivity index (χ4v) is 7.94. The van der Waals surface area contributed by atoms with Crippen LogP contribution >= 0.6 is 0 Å². The lowest BCUT2D eigenvalue weighted by atomic mass is 9.72. The predicted octanol–water partition coefficient (Wildman–Crippen LogP) is 10.2. The lowest BCUT2D eigenvalue weighted by molar-refractivity contribution is -0.137. The number of Topliss-reactive ketones (excluding diaryl/α,β-unsaturated/α-hetero) is 2. The molecule has 3 rings (SSSR count). The van der Waals surface area contributed by atoms with E-state index >= 15 is 0 Å². The summed E-state index contributed by atoms with van der Waals surface area (Å²) in [5, 5.41) is 11.4. The molecule has 56 heavy (non-hydrogen) atoms. The first kappa shape index (κ1) is 46.6. The highest BCUT2D eigenvalue weighted by molar-refractivity contribution is 6.15. The number of fused-ring (bicyclic) bond motifs is 1. The zero-order chi connectivity index (χ0) is 42.0. The van der Waals surface area contributed by atoms with Gasteiger partial charge in [-0.1, -0.05) is 68.4 Å². The first-order chi connectivity index (χ1) is 26.3. The number of likely N-dealkylation sites (tertiary alicyclic amines) is 1. The molecule has 1 aromatic carbocycles. The molecule has 310 valence electrons. The molecule has 5 unspecified atom stereocenters. The number of amides is 1. The van der Waals surface area contributed by atoms with Crippen LogP contribution in [0.5, 0.6) is 11.5 Å². The number of carbonyl (C=O) groups is 3. The Balaban J connectivity index is 2.01. The van der Waals surface area contributed by atoms with Crippen LogP contribution in [0.15, 0.2) is 58.7 Å². The van der Waals surface area contributed by atoms with Crippen LogP contribution in [0.4, 0.5) is 0 Å². The fourth-order valence-electron chi connectivity index (χ4n) is 7.94. The van der Waals surface area contributed by atoms with Gasteiger partial charge in [-0.3, -0.25) is 14.4 Å². The lowest BCUT2D eigenvalue weighted by Crippen LogP contribution is -2.44. The monoisotopic (exact) mass is 774 g/mol. The molecular formula is C48H71NO7. The van der Waals surface area contributed by atoms with Crippen LogP contribution in [-0.4, -0.2) is 72.1 Å². The van der Waals surface area contributed by atoms with Crippen molar-refractivity contribution < 1.29 is 33.7 Å². The van der Waals surface area contributed by atoms with E-state index in [1.807, 2.05) is 56.9 Å². The van der Waals surface area contributed by atoms with Crippen LogP contribution < -0.4 is 9.47 Å². The van der Waals surface area contributed by atoms with Crippen LogP contribution in [0.25, 0.3) is 6.08 Å². The van der Waals surface area contributed by atoms with E-state index in [9.17, 15) is 19.5 Å². The molecule has 1 amide bonds. The predicted molar refractivity (Wildman–Crippen MR) is 228 cm³/mol.